The van der Waals surface area contributed by atoms with Crippen LogP contribution in [0.2, 0.25) is 0 Å². The molecule has 0 aliphatic rings. The molecule has 18 heavy (non-hydrogen) atoms. The molecular weight excluding hydrogens is 238 g/mol. The molecule has 0 bridgehead atoms. The van der Waals surface area contributed by atoms with E-state index in [0.29, 0.717) is 12.0 Å². The van der Waals surface area contributed by atoms with E-state index in [2.05, 4.69) is 56.4 Å². The molecule has 0 aromatic heterocycles. The fourth-order valence-corrected chi connectivity index (χ4v) is 3.02. The van der Waals surface area contributed by atoms with E-state index in [1.807, 2.05) is 11.8 Å². The first-order valence-electron chi connectivity index (χ1n) is 7.15. The maximum Gasteiger partial charge on any atom is 0.0346 e. The van der Waals surface area contributed by atoms with Crippen LogP contribution in [0.15, 0.2) is 30.3 Å². The molecule has 1 aromatic carbocycles. The number of hydrogen-bond donors (Lipinski definition) is 1. The van der Waals surface area contributed by atoms with Gasteiger partial charge in [-0.05, 0) is 42.4 Å². The van der Waals surface area contributed by atoms with Gasteiger partial charge in [0, 0.05) is 6.04 Å². The van der Waals surface area contributed by atoms with Crippen LogP contribution < -0.4 is 5.32 Å². The van der Waals surface area contributed by atoms with E-state index in [9.17, 15) is 0 Å². The van der Waals surface area contributed by atoms with Gasteiger partial charge in [-0.1, -0.05) is 51.1 Å². The Hall–Kier alpha value is -0.470. The number of rotatable bonds is 9. The molecule has 0 saturated carbocycles. The molecule has 1 N–H and O–H groups in total. The molecule has 2 atom stereocenters. The first kappa shape index (κ1) is 15.6. The molecule has 0 aliphatic heterocycles. The Kier molecular flexibility index (Phi) is 8.19. The maximum absolute atomic E-state index is 3.70. The normalized spacial score (nSPS) is 14.4. The van der Waals surface area contributed by atoms with E-state index < -0.39 is 0 Å². The summed E-state index contributed by atoms with van der Waals surface area (Å²) >= 11 is 2.05. The third-order valence-corrected chi connectivity index (χ3v) is 4.20. The Labute approximate surface area is 117 Å². The van der Waals surface area contributed by atoms with Crippen LogP contribution in [0, 0.1) is 5.92 Å². The van der Waals surface area contributed by atoms with Gasteiger partial charge in [0.2, 0.25) is 0 Å². The smallest absolute Gasteiger partial charge is 0.0346 e. The number of nitrogens with one attached hydrogen (secondary N) is 1. The monoisotopic (exact) mass is 265 g/mol. The molecule has 0 heterocycles. The molecule has 0 amide bonds. The molecule has 0 aliphatic carbocycles. The molecule has 102 valence electrons. The van der Waals surface area contributed by atoms with Crippen molar-refractivity contribution in [3.8, 4) is 0 Å². The predicted octanol–water partition coefficient (Wildman–Crippen LogP) is 4.51. The van der Waals surface area contributed by atoms with Crippen molar-refractivity contribution >= 4 is 11.8 Å². The van der Waals surface area contributed by atoms with Crippen molar-refractivity contribution in [1.82, 2.24) is 5.32 Å². The van der Waals surface area contributed by atoms with Gasteiger partial charge in [-0.2, -0.15) is 11.8 Å². The molecule has 1 rings (SSSR count). The summed E-state index contributed by atoms with van der Waals surface area (Å²) in [5.41, 5.74) is 1.43. The van der Waals surface area contributed by atoms with Gasteiger partial charge < -0.3 is 5.32 Å². The molecule has 0 radical (unpaired) electrons. The molecule has 0 spiro atoms. The van der Waals surface area contributed by atoms with Crippen molar-refractivity contribution in [2.45, 2.75) is 39.7 Å². The van der Waals surface area contributed by atoms with Gasteiger partial charge in [-0.3, -0.25) is 0 Å². The van der Waals surface area contributed by atoms with Crippen molar-refractivity contribution in [2.75, 3.05) is 18.1 Å². The number of hydrogen-bond acceptors (Lipinski definition) is 2. The van der Waals surface area contributed by atoms with Crippen LogP contribution in [0.25, 0.3) is 0 Å². The molecule has 1 aromatic rings. The van der Waals surface area contributed by atoms with Crippen LogP contribution in [0.1, 0.15) is 45.2 Å². The van der Waals surface area contributed by atoms with Gasteiger partial charge in [-0.25, -0.2) is 0 Å². The van der Waals surface area contributed by atoms with Crippen molar-refractivity contribution < 1.29 is 0 Å². The molecule has 2 unspecified atom stereocenters. The lowest BCUT2D eigenvalue weighted by molar-refractivity contribution is 0.379. The average Bonchev–Trinajstić information content (AvgIpc) is 2.41. The Morgan fingerprint density at radius 1 is 1.17 bits per heavy atom. The second-order valence-corrected chi connectivity index (χ2v) is 6.20. The highest BCUT2D eigenvalue weighted by molar-refractivity contribution is 7.99. The van der Waals surface area contributed by atoms with Gasteiger partial charge in [-0.15, -0.1) is 0 Å². The van der Waals surface area contributed by atoms with Crippen LogP contribution in [-0.2, 0) is 0 Å². The van der Waals surface area contributed by atoms with Crippen LogP contribution in [0.3, 0.4) is 0 Å². The van der Waals surface area contributed by atoms with Crippen LogP contribution in [0.4, 0.5) is 0 Å². The quantitative estimate of drug-likeness (QED) is 0.659. The zero-order valence-electron chi connectivity index (χ0n) is 12.0. The lowest BCUT2D eigenvalue weighted by Gasteiger charge is -2.25. The predicted molar refractivity (Wildman–Crippen MR) is 84.3 cm³/mol. The lowest BCUT2D eigenvalue weighted by Crippen LogP contribution is -2.28. The van der Waals surface area contributed by atoms with Gasteiger partial charge in [0.25, 0.3) is 0 Å². The van der Waals surface area contributed by atoms with Gasteiger partial charge >= 0.3 is 0 Å². The maximum atomic E-state index is 3.70. The summed E-state index contributed by atoms with van der Waals surface area (Å²) in [6.45, 7) is 7.94. The third kappa shape index (κ3) is 5.45. The summed E-state index contributed by atoms with van der Waals surface area (Å²) in [6, 6.07) is 11.4. The second kappa shape index (κ2) is 9.46. The van der Waals surface area contributed by atoms with E-state index in [1.54, 1.807) is 0 Å². The molecular formula is C16H27NS. The van der Waals surface area contributed by atoms with Crippen molar-refractivity contribution in [1.29, 1.82) is 0 Å². The standard InChI is InChI=1S/C16H27NS/c1-4-12-17-16(14(3)11-13-18-5-2)15-9-7-6-8-10-15/h6-10,14,16-17H,4-5,11-13H2,1-3H3. The topological polar surface area (TPSA) is 12.0 Å². The van der Waals surface area contributed by atoms with Gasteiger partial charge in [0.05, 0.1) is 0 Å². The third-order valence-electron chi connectivity index (χ3n) is 3.26. The Morgan fingerprint density at radius 2 is 1.89 bits per heavy atom. The van der Waals surface area contributed by atoms with Crippen LogP contribution in [-0.4, -0.2) is 18.1 Å². The van der Waals surface area contributed by atoms with Gasteiger partial charge in [0.15, 0.2) is 0 Å². The Bertz CT molecular complexity index is 299. The molecule has 0 fully saturated rings. The Balaban J connectivity index is 2.59. The van der Waals surface area contributed by atoms with E-state index in [1.165, 1.54) is 29.9 Å². The lowest BCUT2D eigenvalue weighted by atomic mass is 9.92. The average molecular weight is 265 g/mol. The highest BCUT2D eigenvalue weighted by Crippen LogP contribution is 2.25. The summed E-state index contributed by atoms with van der Waals surface area (Å²) in [6.07, 6.45) is 2.48. The largest absolute Gasteiger partial charge is 0.310 e. The summed E-state index contributed by atoms with van der Waals surface area (Å²) in [5, 5.41) is 3.70. The minimum absolute atomic E-state index is 0.503. The first-order valence-corrected chi connectivity index (χ1v) is 8.31. The minimum Gasteiger partial charge on any atom is -0.310 e. The summed E-state index contributed by atoms with van der Waals surface area (Å²) in [4.78, 5) is 0. The number of benzene rings is 1. The zero-order valence-corrected chi connectivity index (χ0v) is 12.8. The van der Waals surface area contributed by atoms with Crippen molar-refractivity contribution in [3.63, 3.8) is 0 Å². The van der Waals surface area contributed by atoms with E-state index in [-0.39, 0.29) is 0 Å². The van der Waals surface area contributed by atoms with Crippen molar-refractivity contribution in [2.24, 2.45) is 5.92 Å². The summed E-state index contributed by atoms with van der Waals surface area (Å²) in [5.74, 6) is 3.19. The second-order valence-electron chi connectivity index (χ2n) is 4.81. The SMILES string of the molecule is CCCNC(c1ccccc1)C(C)CCSCC. The van der Waals surface area contributed by atoms with Gasteiger partial charge in [0.1, 0.15) is 0 Å². The molecule has 0 saturated heterocycles. The summed E-state index contributed by atoms with van der Waals surface area (Å²) in [7, 11) is 0. The van der Waals surface area contributed by atoms with Crippen LogP contribution >= 0.6 is 11.8 Å². The Morgan fingerprint density at radius 3 is 2.50 bits per heavy atom. The van der Waals surface area contributed by atoms with Crippen molar-refractivity contribution in [3.05, 3.63) is 35.9 Å². The highest BCUT2D eigenvalue weighted by Gasteiger charge is 2.17. The van der Waals surface area contributed by atoms with E-state index >= 15 is 0 Å². The van der Waals surface area contributed by atoms with E-state index in [0.717, 1.165) is 6.54 Å². The molecule has 1 nitrogen and oxygen atoms in total. The minimum atomic E-state index is 0.503. The highest BCUT2D eigenvalue weighted by atomic mass is 32.2. The van der Waals surface area contributed by atoms with Crippen LogP contribution in [0.5, 0.6) is 0 Å². The summed E-state index contributed by atoms with van der Waals surface area (Å²) < 4.78 is 0. The fraction of sp³-hybridized carbons (Fsp3) is 0.625. The zero-order chi connectivity index (χ0) is 13.2. The fourth-order valence-electron chi connectivity index (χ4n) is 2.19. The number of thioether (sulfide) groups is 1. The molecule has 2 heteroatoms. The van der Waals surface area contributed by atoms with E-state index in [4.69, 9.17) is 0 Å². The first-order chi connectivity index (χ1) is 8.79.